The summed E-state index contributed by atoms with van der Waals surface area (Å²) in [5, 5.41) is 6.79. The van der Waals surface area contributed by atoms with Gasteiger partial charge in [0, 0.05) is 17.8 Å². The fourth-order valence-corrected chi connectivity index (χ4v) is 2.60. The average molecular weight is 336 g/mol. The zero-order valence-electron chi connectivity index (χ0n) is 13.4. The van der Waals surface area contributed by atoms with E-state index in [9.17, 15) is 9.59 Å². The summed E-state index contributed by atoms with van der Waals surface area (Å²) in [4.78, 5) is 31.0. The minimum absolute atomic E-state index is 0.0612. The summed E-state index contributed by atoms with van der Waals surface area (Å²) in [6.07, 6.45) is 4.12. The summed E-state index contributed by atoms with van der Waals surface area (Å²) >= 11 is 0. The molecule has 0 saturated heterocycles. The third-order valence-electron chi connectivity index (χ3n) is 4.10. The number of aromatic amines is 1. The molecule has 0 unspecified atom stereocenters. The number of carbonyl (C=O) groups is 1. The van der Waals surface area contributed by atoms with Crippen LogP contribution in [0, 0.1) is 0 Å². The van der Waals surface area contributed by atoms with Gasteiger partial charge in [-0.3, -0.25) is 9.59 Å². The number of hydrogen-bond acceptors (Lipinski definition) is 5. The van der Waals surface area contributed by atoms with Crippen molar-refractivity contribution in [2.45, 2.75) is 25.2 Å². The second-order valence-corrected chi connectivity index (χ2v) is 6.02. The molecular weight excluding hydrogens is 320 g/mol. The molecule has 2 heterocycles. The van der Waals surface area contributed by atoms with Crippen molar-refractivity contribution in [3.63, 3.8) is 0 Å². The molecule has 2 N–H and O–H groups in total. The van der Waals surface area contributed by atoms with Gasteiger partial charge in [-0.15, -0.1) is 0 Å². The Morgan fingerprint density at radius 1 is 1.24 bits per heavy atom. The fraction of sp³-hybridized carbons (Fsp3) is 0.222. The Labute approximate surface area is 143 Å². The van der Waals surface area contributed by atoms with E-state index in [1.807, 2.05) is 18.2 Å². The second-order valence-electron chi connectivity index (χ2n) is 6.02. The molecule has 0 atom stereocenters. The molecule has 7 heteroatoms. The molecule has 1 aromatic carbocycles. The first-order valence-electron chi connectivity index (χ1n) is 8.10. The summed E-state index contributed by atoms with van der Waals surface area (Å²) in [5.74, 6) is 1.24. The van der Waals surface area contributed by atoms with Crippen LogP contribution in [-0.2, 0) is 6.42 Å². The zero-order valence-corrected chi connectivity index (χ0v) is 13.4. The van der Waals surface area contributed by atoms with Crippen LogP contribution < -0.4 is 10.9 Å². The predicted molar refractivity (Wildman–Crippen MR) is 90.5 cm³/mol. The topological polar surface area (TPSA) is 101 Å². The van der Waals surface area contributed by atoms with Gasteiger partial charge in [-0.05, 0) is 36.6 Å². The number of H-pyrrole nitrogens is 1. The minimum atomic E-state index is -0.460. The van der Waals surface area contributed by atoms with Crippen molar-refractivity contribution in [2.75, 3.05) is 5.32 Å². The summed E-state index contributed by atoms with van der Waals surface area (Å²) in [7, 11) is 0. The molecule has 1 saturated carbocycles. The van der Waals surface area contributed by atoms with E-state index in [0.717, 1.165) is 24.2 Å². The molecule has 1 amide bonds. The van der Waals surface area contributed by atoms with E-state index in [-0.39, 0.29) is 5.56 Å². The van der Waals surface area contributed by atoms with Crippen LogP contribution in [0.3, 0.4) is 0 Å². The highest BCUT2D eigenvalue weighted by molar-refractivity contribution is 6.04. The van der Waals surface area contributed by atoms with Gasteiger partial charge < -0.3 is 14.8 Å². The third-order valence-corrected chi connectivity index (χ3v) is 4.10. The van der Waals surface area contributed by atoms with E-state index in [4.69, 9.17) is 4.52 Å². The number of para-hydroxylation sites is 1. The number of pyridine rings is 1. The highest BCUT2D eigenvalue weighted by Crippen LogP contribution is 2.38. The van der Waals surface area contributed by atoms with Crippen LogP contribution in [0.4, 0.5) is 5.69 Å². The van der Waals surface area contributed by atoms with Crippen molar-refractivity contribution < 1.29 is 9.32 Å². The van der Waals surface area contributed by atoms with Crippen LogP contribution in [-0.4, -0.2) is 21.0 Å². The normalized spacial score (nSPS) is 13.6. The maximum atomic E-state index is 12.4. The number of nitrogens with one attached hydrogen (secondary N) is 2. The lowest BCUT2D eigenvalue weighted by atomic mass is 10.1. The molecule has 1 aliphatic carbocycles. The second kappa shape index (κ2) is 6.35. The van der Waals surface area contributed by atoms with Gasteiger partial charge in [-0.2, -0.15) is 4.98 Å². The van der Waals surface area contributed by atoms with Gasteiger partial charge in [0.1, 0.15) is 5.56 Å². The number of aromatic nitrogens is 3. The molecule has 4 rings (SSSR count). The molecule has 0 radical (unpaired) electrons. The molecule has 126 valence electrons. The first kappa shape index (κ1) is 15.3. The number of benzene rings is 1. The maximum absolute atomic E-state index is 12.4. The standard InChI is InChI=1S/C18H16N4O3/c23-17-13(5-3-9-19-17)18(24)20-14-6-2-1-4-12(14)10-15-21-16(22-25-15)11-7-8-11/h1-6,9,11H,7-8,10H2,(H,19,23)(H,20,24). The van der Waals surface area contributed by atoms with Gasteiger partial charge in [-0.1, -0.05) is 23.4 Å². The van der Waals surface area contributed by atoms with Crippen molar-refractivity contribution in [3.05, 3.63) is 75.8 Å². The lowest BCUT2D eigenvalue weighted by molar-refractivity contribution is 0.102. The van der Waals surface area contributed by atoms with Crippen molar-refractivity contribution in [3.8, 4) is 0 Å². The first-order chi connectivity index (χ1) is 12.2. The Bertz CT molecular complexity index is 972. The maximum Gasteiger partial charge on any atom is 0.261 e. The van der Waals surface area contributed by atoms with Crippen molar-refractivity contribution >= 4 is 11.6 Å². The number of amides is 1. The summed E-state index contributed by atoms with van der Waals surface area (Å²) < 4.78 is 5.30. The molecule has 0 bridgehead atoms. The van der Waals surface area contributed by atoms with E-state index in [1.165, 1.54) is 12.3 Å². The molecule has 7 nitrogen and oxygen atoms in total. The van der Waals surface area contributed by atoms with Gasteiger partial charge >= 0.3 is 0 Å². The monoisotopic (exact) mass is 336 g/mol. The van der Waals surface area contributed by atoms with E-state index in [0.29, 0.717) is 23.9 Å². The largest absolute Gasteiger partial charge is 0.339 e. The third kappa shape index (κ3) is 3.35. The Morgan fingerprint density at radius 3 is 2.88 bits per heavy atom. The number of anilines is 1. The van der Waals surface area contributed by atoms with E-state index in [2.05, 4.69) is 20.4 Å². The van der Waals surface area contributed by atoms with E-state index in [1.54, 1.807) is 12.1 Å². The fourth-order valence-electron chi connectivity index (χ4n) is 2.60. The molecule has 25 heavy (non-hydrogen) atoms. The van der Waals surface area contributed by atoms with Crippen LogP contribution in [0.5, 0.6) is 0 Å². The van der Waals surface area contributed by atoms with Crippen LogP contribution in [0.2, 0.25) is 0 Å². The first-order valence-corrected chi connectivity index (χ1v) is 8.10. The van der Waals surface area contributed by atoms with Gasteiger partial charge in [0.25, 0.3) is 11.5 Å². The van der Waals surface area contributed by atoms with Crippen LogP contribution in [0.15, 0.2) is 51.9 Å². The summed E-state index contributed by atoms with van der Waals surface area (Å²) in [6.45, 7) is 0. The predicted octanol–water partition coefficient (Wildman–Crippen LogP) is 2.48. The smallest absolute Gasteiger partial charge is 0.261 e. The quantitative estimate of drug-likeness (QED) is 0.745. The van der Waals surface area contributed by atoms with Gasteiger partial charge in [0.05, 0.1) is 6.42 Å². The molecule has 0 aliphatic heterocycles. The van der Waals surface area contributed by atoms with Crippen LogP contribution in [0.1, 0.15) is 46.4 Å². The van der Waals surface area contributed by atoms with Crippen molar-refractivity contribution in [1.29, 1.82) is 0 Å². The average Bonchev–Trinajstić information content (AvgIpc) is 3.36. The zero-order chi connectivity index (χ0) is 17.2. The van der Waals surface area contributed by atoms with Crippen LogP contribution >= 0.6 is 0 Å². The van der Waals surface area contributed by atoms with Crippen LogP contribution in [0.25, 0.3) is 0 Å². The Balaban J connectivity index is 1.55. The molecule has 2 aromatic heterocycles. The highest BCUT2D eigenvalue weighted by Gasteiger charge is 2.28. The van der Waals surface area contributed by atoms with E-state index < -0.39 is 11.5 Å². The van der Waals surface area contributed by atoms with Crippen molar-refractivity contribution in [2.24, 2.45) is 0 Å². The Hall–Kier alpha value is -3.22. The molecule has 1 aliphatic rings. The van der Waals surface area contributed by atoms with Gasteiger partial charge in [-0.25, -0.2) is 0 Å². The number of hydrogen-bond donors (Lipinski definition) is 2. The number of rotatable bonds is 5. The SMILES string of the molecule is O=C(Nc1ccccc1Cc1nc(C2CC2)no1)c1ccc[nH]c1=O. The Morgan fingerprint density at radius 2 is 2.08 bits per heavy atom. The lowest BCUT2D eigenvalue weighted by Gasteiger charge is -2.09. The molecule has 0 spiro atoms. The van der Waals surface area contributed by atoms with E-state index >= 15 is 0 Å². The number of carbonyl (C=O) groups excluding carboxylic acids is 1. The minimum Gasteiger partial charge on any atom is -0.339 e. The highest BCUT2D eigenvalue weighted by atomic mass is 16.5. The number of nitrogens with zero attached hydrogens (tertiary/aromatic N) is 2. The lowest BCUT2D eigenvalue weighted by Crippen LogP contribution is -2.23. The van der Waals surface area contributed by atoms with Gasteiger partial charge in [0.15, 0.2) is 5.82 Å². The van der Waals surface area contributed by atoms with Crippen molar-refractivity contribution in [1.82, 2.24) is 15.1 Å². The summed E-state index contributed by atoms with van der Waals surface area (Å²) in [6, 6.07) is 10.4. The summed E-state index contributed by atoms with van der Waals surface area (Å²) in [5.41, 5.74) is 1.09. The Kier molecular flexibility index (Phi) is 3.89. The molecular formula is C18H16N4O3. The van der Waals surface area contributed by atoms with Gasteiger partial charge in [0.2, 0.25) is 5.89 Å². The molecule has 1 fully saturated rings. The molecule has 3 aromatic rings.